The van der Waals surface area contributed by atoms with E-state index in [1.54, 1.807) is 16.8 Å². The number of carbonyl (C=O) groups excluding carboxylic acids is 2. The lowest BCUT2D eigenvalue weighted by molar-refractivity contribution is -0.135. The van der Waals surface area contributed by atoms with Gasteiger partial charge in [0.2, 0.25) is 5.91 Å². The molecule has 1 atom stereocenters. The van der Waals surface area contributed by atoms with Gasteiger partial charge >= 0.3 is 0 Å². The Hall–Kier alpha value is -1.41. The number of benzene rings is 1. The van der Waals surface area contributed by atoms with Crippen LogP contribution in [0.1, 0.15) is 23.2 Å². The summed E-state index contributed by atoms with van der Waals surface area (Å²) in [5, 5.41) is 3.10. The molecule has 6 nitrogen and oxygen atoms in total. The number of rotatable bonds is 2. The number of carbonyl (C=O) groups is 2. The van der Waals surface area contributed by atoms with E-state index in [4.69, 9.17) is 0 Å². The average Bonchev–Trinajstić information content (AvgIpc) is 3.09. The van der Waals surface area contributed by atoms with Crippen molar-refractivity contribution < 1.29 is 9.59 Å². The predicted molar refractivity (Wildman–Crippen MR) is 108 cm³/mol. The van der Waals surface area contributed by atoms with Crippen LogP contribution in [0.3, 0.4) is 0 Å². The number of nitrogens with zero attached hydrogens (tertiary/aromatic N) is 3. The Morgan fingerprint density at radius 2 is 2.12 bits per heavy atom. The molecule has 0 radical (unpaired) electrons. The number of piperidine rings is 1. The summed E-state index contributed by atoms with van der Waals surface area (Å²) in [5.41, 5.74) is 3.43. The number of piperazine rings is 1. The van der Waals surface area contributed by atoms with E-state index in [1.807, 2.05) is 28.0 Å². The van der Waals surface area contributed by atoms with Gasteiger partial charge < -0.3 is 15.1 Å². The summed E-state index contributed by atoms with van der Waals surface area (Å²) in [4.78, 5) is 33.1. The van der Waals surface area contributed by atoms with Gasteiger partial charge in [-0.3, -0.25) is 9.59 Å². The van der Waals surface area contributed by atoms with E-state index in [0.717, 1.165) is 42.7 Å². The van der Waals surface area contributed by atoms with Crippen molar-refractivity contribution in [3.63, 3.8) is 0 Å². The topological polar surface area (TPSA) is 65.5 Å². The highest BCUT2D eigenvalue weighted by molar-refractivity contribution is 7.16. The lowest BCUT2D eigenvalue weighted by Crippen LogP contribution is -2.57. The van der Waals surface area contributed by atoms with E-state index in [0.29, 0.717) is 18.7 Å². The Kier molecular flexibility index (Phi) is 7.23. The van der Waals surface area contributed by atoms with Crippen LogP contribution in [0.5, 0.6) is 0 Å². The summed E-state index contributed by atoms with van der Waals surface area (Å²) in [6.45, 7) is 3.37. The van der Waals surface area contributed by atoms with Gasteiger partial charge in [-0.25, -0.2) is 4.98 Å². The second kappa shape index (κ2) is 8.99. The molecule has 26 heavy (non-hydrogen) atoms. The van der Waals surface area contributed by atoms with Crippen LogP contribution in [0, 0.1) is 0 Å². The van der Waals surface area contributed by atoms with E-state index in [1.165, 1.54) is 0 Å². The zero-order valence-corrected chi connectivity index (χ0v) is 16.7. The van der Waals surface area contributed by atoms with Crippen molar-refractivity contribution in [2.45, 2.75) is 18.9 Å². The van der Waals surface area contributed by atoms with Crippen LogP contribution in [-0.2, 0) is 4.79 Å². The number of hydrogen-bond acceptors (Lipinski definition) is 5. The third kappa shape index (κ3) is 4.11. The first-order chi connectivity index (χ1) is 11.7. The van der Waals surface area contributed by atoms with Gasteiger partial charge in [0.05, 0.1) is 22.3 Å². The van der Waals surface area contributed by atoms with Crippen molar-refractivity contribution in [1.29, 1.82) is 0 Å². The van der Waals surface area contributed by atoms with Gasteiger partial charge in [-0.1, -0.05) is 0 Å². The number of hydrogen-bond donors (Lipinski definition) is 1. The molecule has 0 spiro atoms. The molecule has 1 unspecified atom stereocenters. The Bertz CT molecular complexity index is 785. The molecule has 1 aromatic carbocycles. The third-order valence-corrected chi connectivity index (χ3v) is 5.62. The normalized spacial score (nSPS) is 20.5. The van der Waals surface area contributed by atoms with Gasteiger partial charge in [0.1, 0.15) is 0 Å². The van der Waals surface area contributed by atoms with Crippen LogP contribution in [0.15, 0.2) is 23.7 Å². The van der Waals surface area contributed by atoms with Crippen molar-refractivity contribution >= 4 is 58.2 Å². The van der Waals surface area contributed by atoms with Gasteiger partial charge in [0.15, 0.2) is 0 Å². The smallest absolute Gasteiger partial charge is 0.253 e. The maximum absolute atomic E-state index is 12.9. The first kappa shape index (κ1) is 20.9. The molecule has 2 aliphatic rings. The van der Waals surface area contributed by atoms with Gasteiger partial charge in [-0.2, -0.15) is 0 Å². The number of likely N-dealkylation sites (tertiary alicyclic amines) is 1. The summed E-state index contributed by atoms with van der Waals surface area (Å²) < 4.78 is 1.03. The molecule has 0 aliphatic carbocycles. The van der Waals surface area contributed by atoms with Crippen LogP contribution >= 0.6 is 36.2 Å². The van der Waals surface area contributed by atoms with E-state index >= 15 is 0 Å². The van der Waals surface area contributed by atoms with Crippen molar-refractivity contribution in [3.8, 4) is 0 Å². The van der Waals surface area contributed by atoms with Gasteiger partial charge in [-0.05, 0) is 31.0 Å². The second-order valence-corrected chi connectivity index (χ2v) is 7.23. The molecule has 2 fully saturated rings. The summed E-state index contributed by atoms with van der Waals surface area (Å²) in [6.07, 6.45) is 1.92. The van der Waals surface area contributed by atoms with Crippen molar-refractivity contribution in [3.05, 3.63) is 29.3 Å². The van der Waals surface area contributed by atoms with Gasteiger partial charge in [0, 0.05) is 37.8 Å². The van der Waals surface area contributed by atoms with Gasteiger partial charge in [0.25, 0.3) is 5.91 Å². The summed E-state index contributed by atoms with van der Waals surface area (Å²) in [6, 6.07) is 5.82. The first-order valence-electron chi connectivity index (χ1n) is 8.35. The molecule has 2 saturated heterocycles. The minimum Gasteiger partial charge on any atom is -0.337 e. The maximum atomic E-state index is 12.9. The predicted octanol–water partition coefficient (Wildman–Crippen LogP) is 2.18. The quantitative estimate of drug-likeness (QED) is 0.814. The fourth-order valence-electron chi connectivity index (χ4n) is 3.57. The molecular weight excluding hydrogens is 395 g/mol. The number of aromatic nitrogens is 1. The van der Waals surface area contributed by atoms with Crippen molar-refractivity contribution in [1.82, 2.24) is 20.1 Å². The van der Waals surface area contributed by atoms with E-state index in [9.17, 15) is 9.59 Å². The fraction of sp³-hybridized carbons (Fsp3) is 0.471. The van der Waals surface area contributed by atoms with Crippen LogP contribution in [-0.4, -0.2) is 65.4 Å². The molecule has 2 aromatic rings. The highest BCUT2D eigenvalue weighted by atomic mass is 35.5. The lowest BCUT2D eigenvalue weighted by atomic mass is 10.0. The summed E-state index contributed by atoms with van der Waals surface area (Å²) >= 11 is 1.55. The van der Waals surface area contributed by atoms with Crippen LogP contribution < -0.4 is 5.32 Å². The van der Waals surface area contributed by atoms with E-state index in [2.05, 4.69) is 10.3 Å². The summed E-state index contributed by atoms with van der Waals surface area (Å²) in [7, 11) is 0. The Labute approximate surface area is 168 Å². The van der Waals surface area contributed by atoms with E-state index < -0.39 is 0 Å². The molecule has 142 valence electrons. The molecular formula is C17H22Cl2N4O2S. The second-order valence-electron chi connectivity index (χ2n) is 6.35. The largest absolute Gasteiger partial charge is 0.337 e. The standard InChI is InChI=1S/C17H20N4O2S.2ClH/c22-16-9-18-5-7-21(16)13-2-1-6-20(10-13)17(23)12-3-4-14-15(8-12)24-11-19-14;;/h3-4,8,11,13,18H,1-2,5-7,9-10H2;2*1H. The highest BCUT2D eigenvalue weighted by Crippen LogP contribution is 2.22. The average molecular weight is 417 g/mol. The maximum Gasteiger partial charge on any atom is 0.253 e. The number of halogens is 2. The molecule has 1 aromatic heterocycles. The van der Waals surface area contributed by atoms with Crippen molar-refractivity contribution in [2.75, 3.05) is 32.7 Å². The number of fused-ring (bicyclic) bond motifs is 1. The zero-order chi connectivity index (χ0) is 16.5. The minimum absolute atomic E-state index is 0. The zero-order valence-electron chi connectivity index (χ0n) is 14.2. The molecule has 0 saturated carbocycles. The Morgan fingerprint density at radius 1 is 1.27 bits per heavy atom. The van der Waals surface area contributed by atoms with Crippen LogP contribution in [0.4, 0.5) is 0 Å². The lowest BCUT2D eigenvalue weighted by Gasteiger charge is -2.41. The minimum atomic E-state index is 0. The van der Waals surface area contributed by atoms with Crippen LogP contribution in [0.2, 0.25) is 0 Å². The Morgan fingerprint density at radius 3 is 2.92 bits per heavy atom. The Balaban J connectivity index is 0.00000121. The van der Waals surface area contributed by atoms with Crippen molar-refractivity contribution in [2.24, 2.45) is 0 Å². The number of thiazole rings is 1. The SMILES string of the molecule is Cl.Cl.O=C(c1ccc2ncsc2c1)N1CCCC(N2CCNCC2=O)C1. The third-order valence-electron chi connectivity index (χ3n) is 4.83. The first-order valence-corrected chi connectivity index (χ1v) is 9.23. The number of nitrogens with one attached hydrogen (secondary N) is 1. The fourth-order valence-corrected chi connectivity index (χ4v) is 4.29. The van der Waals surface area contributed by atoms with E-state index in [-0.39, 0.29) is 42.7 Å². The molecule has 4 rings (SSSR count). The summed E-state index contributed by atoms with van der Waals surface area (Å²) in [5.74, 6) is 0.198. The molecule has 0 bridgehead atoms. The number of amides is 2. The van der Waals surface area contributed by atoms with Gasteiger partial charge in [-0.15, -0.1) is 36.2 Å². The highest BCUT2D eigenvalue weighted by Gasteiger charge is 2.31. The molecule has 1 N–H and O–H groups in total. The van der Waals surface area contributed by atoms with Crippen LogP contribution in [0.25, 0.3) is 10.2 Å². The molecule has 2 amide bonds. The molecule has 9 heteroatoms. The monoisotopic (exact) mass is 416 g/mol. The molecule has 3 heterocycles. The molecule has 2 aliphatic heterocycles.